The summed E-state index contributed by atoms with van der Waals surface area (Å²) >= 11 is 0. The van der Waals surface area contributed by atoms with Crippen LogP contribution in [0.5, 0.6) is 0 Å². The summed E-state index contributed by atoms with van der Waals surface area (Å²) in [6.07, 6.45) is -11.6. The Morgan fingerprint density at radius 1 is 1.00 bits per heavy atom. The van der Waals surface area contributed by atoms with Crippen LogP contribution in [0.25, 0.3) is 0 Å². The summed E-state index contributed by atoms with van der Waals surface area (Å²) in [5.41, 5.74) is 0.995. The summed E-state index contributed by atoms with van der Waals surface area (Å²) in [6, 6.07) is -1.84. The molecule has 2 N–H and O–H groups in total. The lowest BCUT2D eigenvalue weighted by Gasteiger charge is -2.22. The molecule has 0 aromatic rings. The quantitative estimate of drug-likeness (QED) is 0.634. The van der Waals surface area contributed by atoms with E-state index in [9.17, 15) is 26.3 Å². The lowest BCUT2D eigenvalue weighted by molar-refractivity contribution is -0.301. The average Bonchev–Trinajstić information content (AvgIpc) is 2.36. The zero-order valence-corrected chi connectivity index (χ0v) is 6.85. The van der Waals surface area contributed by atoms with Gasteiger partial charge in [0.1, 0.15) is 0 Å². The molecule has 0 aromatic heterocycles. The third-order valence-electron chi connectivity index (χ3n) is 2.03. The van der Waals surface area contributed by atoms with Crippen LogP contribution in [0.1, 0.15) is 6.42 Å². The predicted octanol–water partition coefficient (Wildman–Crippen LogP) is 2.25. The molecule has 1 nitrogen and oxygen atoms in total. The van der Waals surface area contributed by atoms with Gasteiger partial charge in [-0.05, 0) is 6.42 Å². The van der Waals surface area contributed by atoms with Gasteiger partial charge in [-0.25, -0.2) is 0 Å². The summed E-state index contributed by atoms with van der Waals surface area (Å²) in [7, 11) is 0. The van der Waals surface area contributed by atoms with Crippen molar-refractivity contribution >= 4 is 12.4 Å². The molecule has 0 amide bonds. The maximum absolute atomic E-state index is 11.8. The predicted molar refractivity (Wildman–Crippen MR) is 34.4 cm³/mol. The minimum Gasteiger partial charge on any atom is -0.327 e. The van der Waals surface area contributed by atoms with E-state index in [1.165, 1.54) is 0 Å². The van der Waals surface area contributed by atoms with Crippen LogP contribution >= 0.6 is 12.4 Å². The Balaban J connectivity index is 0.00000144. The third kappa shape index (κ3) is 1.59. The van der Waals surface area contributed by atoms with Crippen molar-refractivity contribution in [3.8, 4) is 0 Å². The minimum absolute atomic E-state index is 0. The maximum Gasteiger partial charge on any atom is 0.404 e. The van der Waals surface area contributed by atoms with Crippen LogP contribution in [-0.2, 0) is 0 Å². The van der Waals surface area contributed by atoms with E-state index in [1.54, 1.807) is 0 Å². The Morgan fingerprint density at radius 3 is 1.23 bits per heavy atom. The summed E-state index contributed by atoms with van der Waals surface area (Å²) in [6.45, 7) is 0. The van der Waals surface area contributed by atoms with Gasteiger partial charge in [-0.1, -0.05) is 0 Å². The lowest BCUT2D eigenvalue weighted by atomic mass is 10.1. The highest BCUT2D eigenvalue weighted by Gasteiger charge is 2.82. The van der Waals surface area contributed by atoms with Gasteiger partial charge in [-0.3, -0.25) is 0 Å². The highest BCUT2D eigenvalue weighted by Crippen LogP contribution is 2.65. The van der Waals surface area contributed by atoms with Crippen LogP contribution < -0.4 is 5.73 Å². The van der Waals surface area contributed by atoms with Crippen molar-refractivity contribution in [2.75, 3.05) is 0 Å². The van der Waals surface area contributed by atoms with Crippen LogP contribution in [0.3, 0.4) is 0 Å². The van der Waals surface area contributed by atoms with Crippen LogP contribution in [0.2, 0.25) is 0 Å². The largest absolute Gasteiger partial charge is 0.404 e. The van der Waals surface area contributed by atoms with Gasteiger partial charge in [0.15, 0.2) is 5.41 Å². The topological polar surface area (TPSA) is 26.0 Å². The van der Waals surface area contributed by atoms with Crippen LogP contribution in [-0.4, -0.2) is 18.4 Å². The lowest BCUT2D eigenvalue weighted by Crippen LogP contribution is -2.43. The number of rotatable bonds is 0. The number of hydrogen-bond acceptors (Lipinski definition) is 1. The Bertz CT molecular complexity index is 182. The molecule has 1 saturated carbocycles. The third-order valence-corrected chi connectivity index (χ3v) is 2.03. The fourth-order valence-corrected chi connectivity index (χ4v) is 1.10. The van der Waals surface area contributed by atoms with Crippen molar-refractivity contribution in [3.63, 3.8) is 0 Å². The van der Waals surface area contributed by atoms with Crippen molar-refractivity contribution in [2.45, 2.75) is 24.8 Å². The van der Waals surface area contributed by atoms with Gasteiger partial charge in [0.05, 0.1) is 0 Å². The van der Waals surface area contributed by atoms with Gasteiger partial charge in [-0.2, -0.15) is 26.3 Å². The Kier molecular flexibility index (Phi) is 2.87. The highest BCUT2D eigenvalue weighted by molar-refractivity contribution is 5.85. The van der Waals surface area contributed by atoms with E-state index in [-0.39, 0.29) is 12.4 Å². The first-order valence-electron chi connectivity index (χ1n) is 3.02. The zero-order chi connectivity index (χ0) is 9.78. The molecule has 0 spiro atoms. The van der Waals surface area contributed by atoms with E-state index in [1.807, 2.05) is 0 Å². The maximum atomic E-state index is 11.8. The molecule has 0 aliphatic heterocycles. The standard InChI is InChI=1S/C5H5F6N.ClH/c6-4(7,8)3(1-2(3)12)5(9,10)11;/h2H,1,12H2;1H. The fourth-order valence-electron chi connectivity index (χ4n) is 1.10. The first-order valence-corrected chi connectivity index (χ1v) is 3.02. The molecule has 80 valence electrons. The van der Waals surface area contributed by atoms with E-state index in [0.717, 1.165) is 0 Å². The number of halogens is 7. The number of nitrogens with two attached hydrogens (primary N) is 1. The van der Waals surface area contributed by atoms with Crippen molar-refractivity contribution in [1.29, 1.82) is 0 Å². The van der Waals surface area contributed by atoms with Gasteiger partial charge < -0.3 is 5.73 Å². The summed E-state index contributed by atoms with van der Waals surface area (Å²) in [5.74, 6) is 0. The molecule has 1 aliphatic rings. The molecule has 8 heteroatoms. The van der Waals surface area contributed by atoms with Crippen molar-refractivity contribution in [2.24, 2.45) is 11.1 Å². The molecule has 1 atom stereocenters. The molecular formula is C5H6ClF6N. The van der Waals surface area contributed by atoms with E-state index < -0.39 is 30.2 Å². The highest BCUT2D eigenvalue weighted by atomic mass is 35.5. The average molecular weight is 230 g/mol. The molecule has 0 heterocycles. The Morgan fingerprint density at radius 2 is 1.23 bits per heavy atom. The SMILES string of the molecule is Cl.NC1CC1(C(F)(F)F)C(F)(F)F. The number of hydrogen-bond donors (Lipinski definition) is 1. The van der Waals surface area contributed by atoms with Crippen LogP contribution in [0.4, 0.5) is 26.3 Å². The van der Waals surface area contributed by atoms with Gasteiger partial charge in [-0.15, -0.1) is 12.4 Å². The molecule has 0 bridgehead atoms. The summed E-state index contributed by atoms with van der Waals surface area (Å²) in [4.78, 5) is 0. The van der Waals surface area contributed by atoms with E-state index >= 15 is 0 Å². The summed E-state index contributed by atoms with van der Waals surface area (Å²) in [5, 5.41) is 0. The Hall–Kier alpha value is -0.170. The molecule has 1 unspecified atom stereocenters. The molecule has 0 radical (unpaired) electrons. The van der Waals surface area contributed by atoms with Crippen molar-refractivity contribution < 1.29 is 26.3 Å². The fraction of sp³-hybridized carbons (Fsp3) is 1.00. The summed E-state index contributed by atoms with van der Waals surface area (Å²) < 4.78 is 71.1. The smallest absolute Gasteiger partial charge is 0.327 e. The second-order valence-electron chi connectivity index (χ2n) is 2.78. The van der Waals surface area contributed by atoms with Gasteiger partial charge >= 0.3 is 12.4 Å². The van der Waals surface area contributed by atoms with E-state index in [4.69, 9.17) is 0 Å². The van der Waals surface area contributed by atoms with Crippen molar-refractivity contribution in [3.05, 3.63) is 0 Å². The first kappa shape index (κ1) is 12.8. The number of alkyl halides is 6. The van der Waals surface area contributed by atoms with Crippen molar-refractivity contribution in [1.82, 2.24) is 0 Å². The molecule has 13 heavy (non-hydrogen) atoms. The molecule has 0 saturated heterocycles. The normalized spacial score (nSPS) is 26.5. The second kappa shape index (κ2) is 2.91. The van der Waals surface area contributed by atoms with Gasteiger partial charge in [0, 0.05) is 6.04 Å². The van der Waals surface area contributed by atoms with E-state index in [0.29, 0.717) is 0 Å². The van der Waals surface area contributed by atoms with Gasteiger partial charge in [0.2, 0.25) is 0 Å². The molecule has 1 rings (SSSR count). The van der Waals surface area contributed by atoms with Gasteiger partial charge in [0.25, 0.3) is 0 Å². The second-order valence-corrected chi connectivity index (χ2v) is 2.78. The van der Waals surface area contributed by atoms with Crippen LogP contribution in [0.15, 0.2) is 0 Å². The Labute approximate surface area is 75.7 Å². The molecular weight excluding hydrogens is 224 g/mol. The first-order chi connectivity index (χ1) is 5.13. The minimum atomic E-state index is -5.29. The monoisotopic (exact) mass is 229 g/mol. The molecule has 1 aliphatic carbocycles. The molecule has 1 fully saturated rings. The zero-order valence-electron chi connectivity index (χ0n) is 6.04. The molecule has 0 aromatic carbocycles. The van der Waals surface area contributed by atoms with Crippen LogP contribution in [0, 0.1) is 5.41 Å². The van der Waals surface area contributed by atoms with E-state index in [2.05, 4.69) is 5.73 Å².